The molecule has 0 fully saturated rings. The quantitative estimate of drug-likeness (QED) is 0.706. The van der Waals surface area contributed by atoms with Crippen LogP contribution in [0.4, 0.5) is 15.8 Å². The third-order valence-corrected chi connectivity index (χ3v) is 2.81. The van der Waals surface area contributed by atoms with Gasteiger partial charge in [0.25, 0.3) is 0 Å². The first-order chi connectivity index (χ1) is 9.25. The molecule has 5 nitrogen and oxygen atoms in total. The van der Waals surface area contributed by atoms with Crippen LogP contribution < -0.4 is 11.1 Å². The molecule has 2 heterocycles. The van der Waals surface area contributed by atoms with E-state index in [1.54, 1.807) is 24.4 Å². The van der Waals surface area contributed by atoms with E-state index in [4.69, 9.17) is 10.3 Å². The van der Waals surface area contributed by atoms with E-state index < -0.39 is 5.82 Å². The second kappa shape index (κ2) is 4.56. The molecule has 0 saturated carbocycles. The summed E-state index contributed by atoms with van der Waals surface area (Å²) >= 11 is 0. The molecule has 6 heteroatoms. The average molecular weight is 258 g/mol. The van der Waals surface area contributed by atoms with Crippen LogP contribution in [0.1, 0.15) is 5.76 Å². The number of hydrogen-bond acceptors (Lipinski definition) is 5. The summed E-state index contributed by atoms with van der Waals surface area (Å²) in [5, 5.41) is 7.26. The van der Waals surface area contributed by atoms with Gasteiger partial charge in [-0.15, -0.1) is 0 Å². The SMILES string of the molecule is Nc1cc(F)c(NCc2ccno2)c2ncccc12. The molecular weight excluding hydrogens is 247 g/mol. The van der Waals surface area contributed by atoms with Gasteiger partial charge >= 0.3 is 0 Å². The van der Waals surface area contributed by atoms with Gasteiger partial charge in [0.1, 0.15) is 0 Å². The average Bonchev–Trinajstić information content (AvgIpc) is 2.92. The van der Waals surface area contributed by atoms with Crippen molar-refractivity contribution in [3.8, 4) is 0 Å². The second-order valence-corrected chi connectivity index (χ2v) is 4.05. The Morgan fingerprint density at radius 2 is 2.21 bits per heavy atom. The lowest BCUT2D eigenvalue weighted by Gasteiger charge is -2.10. The molecule has 3 N–H and O–H groups in total. The van der Waals surface area contributed by atoms with Crippen molar-refractivity contribution in [3.63, 3.8) is 0 Å². The van der Waals surface area contributed by atoms with Crippen molar-refractivity contribution in [3.05, 3.63) is 48.2 Å². The molecule has 0 atom stereocenters. The Bertz CT molecular complexity index is 712. The minimum Gasteiger partial charge on any atom is -0.398 e. The van der Waals surface area contributed by atoms with E-state index in [2.05, 4.69) is 15.5 Å². The zero-order valence-electron chi connectivity index (χ0n) is 9.93. The van der Waals surface area contributed by atoms with E-state index >= 15 is 0 Å². The molecule has 1 aromatic carbocycles. The number of halogens is 1. The van der Waals surface area contributed by atoms with Crippen LogP contribution in [0.15, 0.2) is 41.2 Å². The molecule has 19 heavy (non-hydrogen) atoms. The molecule has 0 saturated heterocycles. The van der Waals surface area contributed by atoms with E-state index in [-0.39, 0.29) is 0 Å². The van der Waals surface area contributed by atoms with Crippen molar-refractivity contribution in [2.75, 3.05) is 11.1 Å². The number of nitrogens with two attached hydrogens (primary N) is 1. The predicted octanol–water partition coefficient (Wildman–Crippen LogP) is 2.56. The number of anilines is 2. The molecule has 0 aliphatic rings. The van der Waals surface area contributed by atoms with Crippen molar-refractivity contribution >= 4 is 22.3 Å². The fourth-order valence-electron chi connectivity index (χ4n) is 1.91. The normalized spacial score (nSPS) is 10.8. The number of benzene rings is 1. The molecule has 0 unspecified atom stereocenters. The molecule has 96 valence electrons. The van der Waals surface area contributed by atoms with Crippen molar-refractivity contribution in [2.24, 2.45) is 0 Å². The Kier molecular flexibility index (Phi) is 2.75. The summed E-state index contributed by atoms with van der Waals surface area (Å²) in [7, 11) is 0. The van der Waals surface area contributed by atoms with Gasteiger partial charge in [-0.1, -0.05) is 5.16 Å². The van der Waals surface area contributed by atoms with E-state index in [1.165, 1.54) is 12.3 Å². The molecule has 3 aromatic rings. The number of fused-ring (bicyclic) bond motifs is 1. The zero-order valence-corrected chi connectivity index (χ0v) is 9.93. The third kappa shape index (κ3) is 2.08. The fraction of sp³-hybridized carbons (Fsp3) is 0.0769. The maximum atomic E-state index is 14.0. The highest BCUT2D eigenvalue weighted by Gasteiger charge is 2.12. The molecule has 2 aromatic heterocycles. The van der Waals surface area contributed by atoms with E-state index in [9.17, 15) is 4.39 Å². The number of nitrogens with one attached hydrogen (secondary N) is 1. The fourth-order valence-corrected chi connectivity index (χ4v) is 1.91. The summed E-state index contributed by atoms with van der Waals surface area (Å²) < 4.78 is 18.9. The number of nitrogens with zero attached hydrogens (tertiary/aromatic N) is 2. The predicted molar refractivity (Wildman–Crippen MR) is 69.9 cm³/mol. The topological polar surface area (TPSA) is 77.0 Å². The van der Waals surface area contributed by atoms with Crippen LogP contribution in [0.2, 0.25) is 0 Å². The summed E-state index contributed by atoms with van der Waals surface area (Å²) in [5.74, 6) is 0.170. The lowest BCUT2D eigenvalue weighted by atomic mass is 10.1. The summed E-state index contributed by atoms with van der Waals surface area (Å²) in [4.78, 5) is 4.17. The number of aromatic nitrogens is 2. The molecule has 0 radical (unpaired) electrons. The third-order valence-electron chi connectivity index (χ3n) is 2.81. The minimum absolute atomic E-state index is 0.307. The summed E-state index contributed by atoms with van der Waals surface area (Å²) in [6, 6.07) is 6.55. The lowest BCUT2D eigenvalue weighted by Crippen LogP contribution is -2.03. The molecule has 0 bridgehead atoms. The van der Waals surface area contributed by atoms with Crippen molar-refractivity contribution in [1.29, 1.82) is 0 Å². The van der Waals surface area contributed by atoms with Gasteiger partial charge < -0.3 is 15.6 Å². The van der Waals surface area contributed by atoms with E-state index in [0.717, 1.165) is 0 Å². The molecule has 0 aliphatic carbocycles. The van der Waals surface area contributed by atoms with Gasteiger partial charge in [-0.2, -0.15) is 0 Å². The number of nitrogen functional groups attached to an aromatic ring is 1. The second-order valence-electron chi connectivity index (χ2n) is 4.05. The van der Waals surface area contributed by atoms with E-state index in [0.29, 0.717) is 34.6 Å². The van der Waals surface area contributed by atoms with Crippen molar-refractivity contribution in [1.82, 2.24) is 10.1 Å². The van der Waals surface area contributed by atoms with Gasteiger partial charge in [-0.25, -0.2) is 4.39 Å². The molecule has 3 rings (SSSR count). The Hall–Kier alpha value is -2.63. The lowest BCUT2D eigenvalue weighted by molar-refractivity contribution is 0.388. The van der Waals surface area contributed by atoms with Crippen LogP contribution >= 0.6 is 0 Å². The van der Waals surface area contributed by atoms with Gasteiger partial charge in [0.15, 0.2) is 11.6 Å². The van der Waals surface area contributed by atoms with Gasteiger partial charge in [0.05, 0.1) is 23.9 Å². The van der Waals surface area contributed by atoms with Crippen LogP contribution in [0.25, 0.3) is 10.9 Å². The largest absolute Gasteiger partial charge is 0.398 e. The van der Waals surface area contributed by atoms with Gasteiger partial charge in [-0.05, 0) is 18.2 Å². The monoisotopic (exact) mass is 258 g/mol. The van der Waals surface area contributed by atoms with E-state index in [1.807, 2.05) is 0 Å². The zero-order chi connectivity index (χ0) is 13.2. The number of rotatable bonds is 3. The molecule has 0 amide bonds. The van der Waals surface area contributed by atoms with Gasteiger partial charge in [0, 0.05) is 23.3 Å². The Balaban J connectivity index is 2.02. The highest BCUT2D eigenvalue weighted by atomic mass is 19.1. The Labute approximate surface area is 108 Å². The maximum absolute atomic E-state index is 14.0. The molecule has 0 spiro atoms. The smallest absolute Gasteiger partial charge is 0.155 e. The maximum Gasteiger partial charge on any atom is 0.155 e. The van der Waals surface area contributed by atoms with Crippen LogP contribution in [0.5, 0.6) is 0 Å². The van der Waals surface area contributed by atoms with Crippen LogP contribution in [0, 0.1) is 5.82 Å². The van der Waals surface area contributed by atoms with Gasteiger partial charge in [0.2, 0.25) is 0 Å². The standard InChI is InChI=1S/C13H11FN4O/c14-10-6-11(15)9-2-1-4-16-12(9)13(10)17-7-8-3-5-18-19-8/h1-6,17H,7,15H2. The highest BCUT2D eigenvalue weighted by molar-refractivity contribution is 5.98. The first kappa shape index (κ1) is 11.5. The van der Waals surface area contributed by atoms with Crippen LogP contribution in [-0.2, 0) is 6.54 Å². The first-order valence-electron chi connectivity index (χ1n) is 5.72. The Morgan fingerprint density at radius 3 is 3.00 bits per heavy atom. The number of pyridine rings is 1. The van der Waals surface area contributed by atoms with Crippen LogP contribution in [-0.4, -0.2) is 10.1 Å². The van der Waals surface area contributed by atoms with Crippen LogP contribution in [0.3, 0.4) is 0 Å². The highest BCUT2D eigenvalue weighted by Crippen LogP contribution is 2.29. The van der Waals surface area contributed by atoms with Gasteiger partial charge in [-0.3, -0.25) is 4.98 Å². The molecular formula is C13H11FN4O. The van der Waals surface area contributed by atoms with Crippen molar-refractivity contribution < 1.29 is 8.91 Å². The first-order valence-corrected chi connectivity index (χ1v) is 5.72. The molecule has 0 aliphatic heterocycles. The summed E-state index contributed by atoms with van der Waals surface area (Å²) in [6.07, 6.45) is 3.13. The number of hydrogen-bond donors (Lipinski definition) is 2. The summed E-state index contributed by atoms with van der Waals surface area (Å²) in [5.41, 5.74) is 6.95. The minimum atomic E-state index is -0.441. The summed E-state index contributed by atoms with van der Waals surface area (Å²) in [6.45, 7) is 0.326. The Morgan fingerprint density at radius 1 is 1.32 bits per heavy atom. The van der Waals surface area contributed by atoms with Crippen molar-refractivity contribution in [2.45, 2.75) is 6.54 Å².